The molecule has 131 heavy (non-hydrogen) atoms. The van der Waals surface area contributed by atoms with E-state index in [0.717, 1.165) is 156 Å². The molecule has 1 N–H and O–H groups in total. The van der Waals surface area contributed by atoms with Gasteiger partial charge < -0.3 is 14.6 Å². The van der Waals surface area contributed by atoms with Crippen molar-refractivity contribution in [2.75, 3.05) is 20.3 Å². The van der Waals surface area contributed by atoms with Crippen molar-refractivity contribution in [3.63, 3.8) is 0 Å². The van der Waals surface area contributed by atoms with Crippen LogP contribution in [0.1, 0.15) is 658 Å². The first-order valence-electron chi connectivity index (χ1n) is 58.7. The summed E-state index contributed by atoms with van der Waals surface area (Å²) in [7, 11) is 1.80. The zero-order valence-electron chi connectivity index (χ0n) is 110. The second kappa shape index (κ2) is 161. The highest BCUT2D eigenvalue weighted by molar-refractivity contribution is 4.95. The van der Waals surface area contributed by atoms with Crippen molar-refractivity contribution in [1.82, 2.24) is 0 Å². The van der Waals surface area contributed by atoms with Crippen molar-refractivity contribution >= 4 is 0 Å². The second-order valence-electron chi connectivity index (χ2n) is 40.7. The third-order valence-electron chi connectivity index (χ3n) is 21.5. The molecule has 1 aliphatic heterocycles. The van der Waals surface area contributed by atoms with Crippen molar-refractivity contribution in [3.8, 4) is 0 Å². The van der Waals surface area contributed by atoms with Gasteiger partial charge in [0.25, 0.3) is 0 Å². The normalized spacial score (nSPS) is 13.8. The lowest BCUT2D eigenvalue weighted by molar-refractivity contribution is -0.148. The monoisotopic (exact) mass is 1890 g/mol. The Morgan fingerprint density at radius 3 is 0.573 bits per heavy atom. The molecular weight excluding hydrogens is 1590 g/mol. The van der Waals surface area contributed by atoms with Crippen LogP contribution in [0.2, 0.25) is 0 Å². The minimum atomic E-state index is -0.0833. The Balaban J connectivity index is -0.0000000375. The molecule has 3 nitrogen and oxygen atoms in total. The lowest BCUT2D eigenvalue weighted by Crippen LogP contribution is -2.47. The smallest absolute Gasteiger partial charge is 0.0596 e. The van der Waals surface area contributed by atoms with Gasteiger partial charge in [-0.2, -0.15) is 0 Å². The van der Waals surface area contributed by atoms with E-state index in [1.807, 2.05) is 194 Å². The highest BCUT2D eigenvalue weighted by Crippen LogP contribution is 2.56. The predicted molar refractivity (Wildman–Crippen MR) is 649 cm³/mol. The number of aliphatic hydroxyl groups is 1. The van der Waals surface area contributed by atoms with E-state index in [2.05, 4.69) is 346 Å². The van der Waals surface area contributed by atoms with Crippen LogP contribution >= 0.6 is 0 Å². The Morgan fingerprint density at radius 1 is 0.290 bits per heavy atom. The molecule has 838 valence electrons. The highest BCUT2D eigenvalue weighted by Gasteiger charge is 2.45. The maximum Gasteiger partial charge on any atom is 0.0596 e. The fourth-order valence-corrected chi connectivity index (χ4v) is 12.5. The molecule has 2 aliphatic carbocycles. The van der Waals surface area contributed by atoms with Crippen molar-refractivity contribution in [1.29, 1.82) is 0 Å². The minimum absolute atomic E-state index is 0. The van der Waals surface area contributed by atoms with Gasteiger partial charge in [-0.25, -0.2) is 0 Å². The van der Waals surface area contributed by atoms with Crippen molar-refractivity contribution in [3.05, 3.63) is 0 Å². The van der Waals surface area contributed by atoms with E-state index in [-0.39, 0.29) is 21.0 Å². The molecule has 3 fully saturated rings. The van der Waals surface area contributed by atoms with Crippen LogP contribution in [0, 0.1) is 158 Å². The molecule has 0 radical (unpaired) electrons. The summed E-state index contributed by atoms with van der Waals surface area (Å²) in [5, 5.41) is 9.39. The summed E-state index contributed by atoms with van der Waals surface area (Å²) >= 11 is 0. The van der Waals surface area contributed by atoms with E-state index in [1.165, 1.54) is 89.9 Å². The number of hydrogen-bond donors (Lipinski definition) is 1. The molecule has 3 aliphatic rings. The van der Waals surface area contributed by atoms with Crippen molar-refractivity contribution < 1.29 is 14.6 Å². The van der Waals surface area contributed by atoms with Gasteiger partial charge >= 0.3 is 0 Å². The molecule has 0 amide bonds. The lowest BCUT2D eigenvalue weighted by atomic mass is 9.65. The van der Waals surface area contributed by atoms with Gasteiger partial charge in [0.1, 0.15) is 0 Å². The van der Waals surface area contributed by atoms with Gasteiger partial charge in [-0.1, -0.05) is 581 Å². The molecule has 0 aromatic heterocycles. The average Bonchev–Trinajstić information content (AvgIpc) is 1.67. The first kappa shape index (κ1) is 201. The lowest BCUT2D eigenvalue weighted by Gasteiger charge is -2.46. The van der Waals surface area contributed by atoms with Crippen LogP contribution < -0.4 is 0 Å². The quantitative estimate of drug-likeness (QED) is 0.0848. The number of hydrogen-bond acceptors (Lipinski definition) is 3. The third kappa shape index (κ3) is 183. The first-order chi connectivity index (χ1) is 59.9. The Hall–Kier alpha value is -0.120. The Labute approximate surface area is 857 Å². The topological polar surface area (TPSA) is 38.7 Å². The average molecular weight is 1900 g/mol. The van der Waals surface area contributed by atoms with Crippen LogP contribution in [0.4, 0.5) is 0 Å². The van der Waals surface area contributed by atoms with Gasteiger partial charge in [-0.05, 0) is 230 Å². The summed E-state index contributed by atoms with van der Waals surface area (Å²) in [4.78, 5) is 0. The van der Waals surface area contributed by atoms with Gasteiger partial charge in [-0.3, -0.25) is 0 Å². The summed E-state index contributed by atoms with van der Waals surface area (Å²) in [6.45, 7) is 171. The molecule has 0 bridgehead atoms. The molecule has 0 aromatic carbocycles. The summed E-state index contributed by atoms with van der Waals surface area (Å²) in [6, 6.07) is 0. The van der Waals surface area contributed by atoms with Crippen molar-refractivity contribution in [2.24, 2.45) is 158 Å². The van der Waals surface area contributed by atoms with E-state index < -0.39 is 0 Å². The molecule has 5 atom stereocenters. The number of methoxy groups -OCH3 is 1. The maximum atomic E-state index is 9.39. The standard InChI is InChI=1S/C10H20O.2C10H20.2C10H22.2C9H20O.2C9H20.4C3H8.14C2H6.2CH4/c1-8(2)5-10(9(3)4)6-11-7-10;1-7(2)9-5-10(6-9)8(3)4;1-8(2)7-10(5-6-10)9(3)4;1-8(2)7-10(5,6)9(3)4;1-7(2)9(5)10(6)8(3)4;1-7(2)6-9(10-5)8(3)4;1-7(2)5-9(10)6-8(3)4;2*1-7(2)6-9(5)8(3)4;4*1-3-2;14*1-2;;/h8-9H,5-7H2,1-4H3;7-10H,5-6H2,1-4H3;8-9H,5-7H2,1-4H3;8-9H,7H2,1-6H3;7-10H,1-6H3;7-9H,6H2,1-5H3;7-10H,5-6H2,1-4H3;2*7-9H,6H2,1-5H3;4*3H2,1-2H3;14*1-2H3;2*1H4. The molecule has 0 aromatic rings. The summed E-state index contributed by atoms with van der Waals surface area (Å²) in [5.41, 5.74) is 1.82. The van der Waals surface area contributed by atoms with Gasteiger partial charge in [0.2, 0.25) is 0 Å². The summed E-state index contributed by atoms with van der Waals surface area (Å²) < 4.78 is 10.6. The van der Waals surface area contributed by atoms with Gasteiger partial charge in [0.15, 0.2) is 0 Å². The highest BCUT2D eigenvalue weighted by atomic mass is 16.5. The fourth-order valence-electron chi connectivity index (χ4n) is 12.5. The molecule has 0 spiro atoms. The van der Waals surface area contributed by atoms with Crippen LogP contribution in [-0.4, -0.2) is 37.6 Å². The van der Waals surface area contributed by atoms with Gasteiger partial charge in [0, 0.05) is 12.5 Å². The largest absolute Gasteiger partial charge is 0.393 e. The second-order valence-corrected chi connectivity index (χ2v) is 40.7. The number of ether oxygens (including phenoxy) is 2. The number of aliphatic hydroxyl groups excluding tert-OH is 1. The third-order valence-corrected chi connectivity index (χ3v) is 21.5. The van der Waals surface area contributed by atoms with E-state index in [4.69, 9.17) is 9.47 Å². The number of rotatable bonds is 28. The van der Waals surface area contributed by atoms with E-state index >= 15 is 0 Å². The van der Waals surface area contributed by atoms with Crippen LogP contribution in [0.15, 0.2) is 0 Å². The molecule has 1 saturated heterocycles. The summed E-state index contributed by atoms with van der Waals surface area (Å²) in [5.74, 6) is 20.2. The van der Waals surface area contributed by atoms with Crippen LogP contribution in [0.3, 0.4) is 0 Å². The maximum absolute atomic E-state index is 9.39. The molecule has 5 unspecified atom stereocenters. The van der Waals surface area contributed by atoms with Gasteiger partial charge in [-0.15, -0.1) is 0 Å². The van der Waals surface area contributed by atoms with E-state index in [0.29, 0.717) is 34.7 Å². The molecule has 2 saturated carbocycles. The van der Waals surface area contributed by atoms with Gasteiger partial charge in [0.05, 0.1) is 25.4 Å². The Bertz CT molecular complexity index is 1470. The van der Waals surface area contributed by atoms with Crippen LogP contribution in [-0.2, 0) is 9.47 Å². The first-order valence-corrected chi connectivity index (χ1v) is 58.7. The Morgan fingerprint density at radius 2 is 0.496 bits per heavy atom. The zero-order valence-corrected chi connectivity index (χ0v) is 110. The van der Waals surface area contributed by atoms with E-state index in [1.54, 1.807) is 7.11 Å². The molecular formula is C128H308O3. The zero-order chi connectivity index (χ0) is 111. The fraction of sp³-hybridized carbons (Fsp3) is 1.00. The Kier molecular flexibility index (Phi) is 246. The summed E-state index contributed by atoms with van der Waals surface area (Å²) in [6.07, 6.45) is 21.2. The molecule has 3 heteroatoms. The molecule has 1 heterocycles. The van der Waals surface area contributed by atoms with E-state index in [9.17, 15) is 5.11 Å². The van der Waals surface area contributed by atoms with Crippen LogP contribution in [0.25, 0.3) is 0 Å². The minimum Gasteiger partial charge on any atom is -0.393 e. The molecule has 3 rings (SSSR count). The van der Waals surface area contributed by atoms with Crippen molar-refractivity contribution in [2.45, 2.75) is 670 Å². The SMILES string of the molecule is C.C.CC.CC.CC.CC.CC.CC.CC.CC.CC.CC.CC.CC.CC.CC.CC(C)C(C)C(C)C(C)C.CC(C)C1CC(C(C)C)C1.CC(C)CC(C)(C)C(C)C.CC(C)CC(C)C(C)C.CC(C)CC(C)C(C)C.CC(C)CC(O)CC(C)C.CC(C)CC1(C(C)C)CC1.CC(C)CC1(C(C)C)COC1.CCC.CCC.CCC.CCC.COC(CC(C)C)C(C)C. The predicted octanol–water partition coefficient (Wildman–Crippen LogP) is 49.9. The van der Waals surface area contributed by atoms with Crippen LogP contribution in [0.5, 0.6) is 0 Å².